The summed E-state index contributed by atoms with van der Waals surface area (Å²) in [6, 6.07) is 25.8. The molecule has 33 heavy (non-hydrogen) atoms. The van der Waals surface area contributed by atoms with Gasteiger partial charge in [0, 0.05) is 29.4 Å². The van der Waals surface area contributed by atoms with Crippen LogP contribution in [0.4, 0.5) is 20.2 Å². The number of anilines is 2. The molecule has 0 radical (unpaired) electrons. The van der Waals surface area contributed by atoms with Crippen molar-refractivity contribution in [1.82, 2.24) is 0 Å². The number of benzene rings is 3. The molecule has 0 bridgehead atoms. The summed E-state index contributed by atoms with van der Waals surface area (Å²) in [7, 11) is 0. The maximum absolute atomic E-state index is 12.5. The third-order valence-electron chi connectivity index (χ3n) is 4.87. The molecular weight excluding hydrogens is 440 g/mol. The average Bonchev–Trinajstić information content (AvgIpc) is 2.83. The van der Waals surface area contributed by atoms with E-state index in [9.17, 15) is 18.8 Å². The molecule has 3 aromatic carbocycles. The molecule has 7 heteroatoms. The van der Waals surface area contributed by atoms with Crippen LogP contribution in [0.3, 0.4) is 0 Å². The number of carbonyl (C=O) groups is 1. The molecule has 0 fully saturated rings. The number of hydrogen-bond donors (Lipinski definition) is 1. The second-order valence-electron chi connectivity index (χ2n) is 7.12. The van der Waals surface area contributed by atoms with Gasteiger partial charge in [0.15, 0.2) is 0 Å². The summed E-state index contributed by atoms with van der Waals surface area (Å²) in [4.78, 5) is 15.1. The third-order valence-corrected chi connectivity index (χ3v) is 5.59. The van der Waals surface area contributed by atoms with E-state index < -0.39 is 11.7 Å². The predicted octanol–water partition coefficient (Wildman–Crippen LogP) is 6.57. The van der Waals surface area contributed by atoms with Crippen LogP contribution in [-0.2, 0) is 11.3 Å². The van der Waals surface area contributed by atoms with Gasteiger partial charge in [-0.25, -0.2) is 0 Å². The maximum atomic E-state index is 12.5. The fraction of sp³-hybridized carbons (Fsp3) is 0.154. The molecule has 0 aliphatic heterocycles. The van der Waals surface area contributed by atoms with Gasteiger partial charge in [0.05, 0.1) is 0 Å². The van der Waals surface area contributed by atoms with Crippen LogP contribution in [-0.4, -0.2) is 18.2 Å². The standard InChI is InChI=1S/C26H23F2N3OS/c1-2-31(18-20-6-4-3-5-7-20)23-12-8-19(9-13-23)16-21(17-29)25(32)30-22-10-14-24(15-11-22)33-26(27)28/h3-16,26H,2,18H2,1H3,(H,30,32)/b21-16-. The zero-order valence-electron chi connectivity index (χ0n) is 18.0. The van der Waals surface area contributed by atoms with Crippen molar-refractivity contribution >= 4 is 35.1 Å². The molecule has 1 N–H and O–H groups in total. The number of hydrogen-bond acceptors (Lipinski definition) is 4. The topological polar surface area (TPSA) is 56.1 Å². The van der Waals surface area contributed by atoms with Crippen molar-refractivity contribution in [2.75, 3.05) is 16.8 Å². The molecule has 3 aromatic rings. The maximum Gasteiger partial charge on any atom is 0.288 e. The zero-order valence-corrected chi connectivity index (χ0v) is 18.9. The number of rotatable bonds is 9. The van der Waals surface area contributed by atoms with Crippen LogP contribution < -0.4 is 10.2 Å². The molecule has 0 saturated carbocycles. The van der Waals surface area contributed by atoms with Crippen molar-refractivity contribution in [1.29, 1.82) is 5.26 Å². The van der Waals surface area contributed by atoms with E-state index in [4.69, 9.17) is 0 Å². The van der Waals surface area contributed by atoms with Gasteiger partial charge in [-0.2, -0.15) is 14.0 Å². The minimum atomic E-state index is -2.51. The Bertz CT molecular complexity index is 1120. The Hall–Kier alpha value is -3.63. The van der Waals surface area contributed by atoms with Gasteiger partial charge < -0.3 is 10.2 Å². The Morgan fingerprint density at radius 3 is 2.30 bits per heavy atom. The lowest BCUT2D eigenvalue weighted by Crippen LogP contribution is -2.21. The van der Waals surface area contributed by atoms with Crippen LogP contribution in [0.15, 0.2) is 89.3 Å². The van der Waals surface area contributed by atoms with E-state index >= 15 is 0 Å². The second kappa shape index (κ2) is 11.8. The van der Waals surface area contributed by atoms with Gasteiger partial charge in [0.25, 0.3) is 11.7 Å². The molecule has 0 heterocycles. The number of nitrogens with zero attached hydrogens (tertiary/aromatic N) is 2. The zero-order chi connectivity index (χ0) is 23.6. The highest BCUT2D eigenvalue weighted by Gasteiger charge is 2.11. The quantitative estimate of drug-likeness (QED) is 0.221. The van der Waals surface area contributed by atoms with E-state index in [1.807, 2.05) is 48.5 Å². The summed E-state index contributed by atoms with van der Waals surface area (Å²) in [6.07, 6.45) is 1.52. The van der Waals surface area contributed by atoms with Crippen molar-refractivity contribution in [3.05, 3.63) is 95.6 Å². The van der Waals surface area contributed by atoms with Gasteiger partial charge in [0.2, 0.25) is 0 Å². The molecule has 0 saturated heterocycles. The van der Waals surface area contributed by atoms with E-state index in [-0.39, 0.29) is 5.57 Å². The van der Waals surface area contributed by atoms with Crippen molar-refractivity contribution in [3.63, 3.8) is 0 Å². The number of nitriles is 1. The van der Waals surface area contributed by atoms with Gasteiger partial charge >= 0.3 is 0 Å². The molecule has 4 nitrogen and oxygen atoms in total. The van der Waals surface area contributed by atoms with Crippen LogP contribution in [0.2, 0.25) is 0 Å². The highest BCUT2D eigenvalue weighted by atomic mass is 32.2. The molecule has 1 amide bonds. The van der Waals surface area contributed by atoms with E-state index in [0.29, 0.717) is 22.3 Å². The van der Waals surface area contributed by atoms with Crippen LogP contribution in [0, 0.1) is 11.3 Å². The largest absolute Gasteiger partial charge is 0.367 e. The molecule has 0 aliphatic rings. The van der Waals surface area contributed by atoms with E-state index in [0.717, 1.165) is 24.3 Å². The molecule has 0 unspecified atom stereocenters. The van der Waals surface area contributed by atoms with Crippen LogP contribution in [0.5, 0.6) is 0 Å². The highest BCUT2D eigenvalue weighted by molar-refractivity contribution is 7.99. The molecule has 3 rings (SSSR count). The van der Waals surface area contributed by atoms with Crippen molar-refractivity contribution in [2.24, 2.45) is 0 Å². The van der Waals surface area contributed by atoms with E-state index in [1.165, 1.54) is 35.9 Å². The number of amides is 1. The van der Waals surface area contributed by atoms with Crippen molar-refractivity contribution in [3.8, 4) is 6.07 Å². The fourth-order valence-electron chi connectivity index (χ4n) is 3.20. The Morgan fingerprint density at radius 1 is 1.06 bits per heavy atom. The lowest BCUT2D eigenvalue weighted by Gasteiger charge is -2.23. The summed E-state index contributed by atoms with van der Waals surface area (Å²) < 4.78 is 24.8. The number of nitrogens with one attached hydrogen (secondary N) is 1. The molecule has 0 aliphatic carbocycles. The first-order valence-electron chi connectivity index (χ1n) is 10.4. The molecule has 0 spiro atoms. The lowest BCUT2D eigenvalue weighted by molar-refractivity contribution is -0.112. The summed E-state index contributed by atoms with van der Waals surface area (Å²) in [5.74, 6) is -3.07. The monoisotopic (exact) mass is 463 g/mol. The van der Waals surface area contributed by atoms with Gasteiger partial charge in [-0.15, -0.1) is 0 Å². The van der Waals surface area contributed by atoms with Crippen LogP contribution in [0.1, 0.15) is 18.1 Å². The van der Waals surface area contributed by atoms with Crippen molar-refractivity contribution in [2.45, 2.75) is 24.1 Å². The number of carbonyl (C=O) groups excluding carboxylic acids is 1. The molecule has 0 atom stereocenters. The minimum absolute atomic E-state index is 0.0505. The van der Waals surface area contributed by atoms with Gasteiger partial charge in [0.1, 0.15) is 11.6 Å². The van der Waals surface area contributed by atoms with Crippen molar-refractivity contribution < 1.29 is 13.6 Å². The first kappa shape index (κ1) is 24.0. The Balaban J connectivity index is 1.67. The van der Waals surface area contributed by atoms with Gasteiger partial charge in [-0.3, -0.25) is 4.79 Å². The van der Waals surface area contributed by atoms with Crippen LogP contribution in [0.25, 0.3) is 6.08 Å². The normalized spacial score (nSPS) is 11.2. The fourth-order valence-corrected chi connectivity index (χ4v) is 3.70. The predicted molar refractivity (Wildman–Crippen MR) is 130 cm³/mol. The summed E-state index contributed by atoms with van der Waals surface area (Å²) in [5.41, 5.74) is 3.36. The molecular formula is C26H23F2N3OS. The smallest absolute Gasteiger partial charge is 0.288 e. The van der Waals surface area contributed by atoms with Gasteiger partial charge in [-0.1, -0.05) is 54.2 Å². The molecule has 0 aromatic heterocycles. The van der Waals surface area contributed by atoms with E-state index in [1.54, 1.807) is 0 Å². The Kier molecular flexibility index (Phi) is 8.62. The number of thioether (sulfide) groups is 1. The second-order valence-corrected chi connectivity index (χ2v) is 8.18. The number of halogens is 2. The Morgan fingerprint density at radius 2 is 1.73 bits per heavy atom. The third kappa shape index (κ3) is 7.19. The summed E-state index contributed by atoms with van der Waals surface area (Å²) in [6.45, 7) is 3.71. The molecule has 168 valence electrons. The SMILES string of the molecule is CCN(Cc1ccccc1)c1ccc(/C=C(/C#N)C(=O)Nc2ccc(SC(F)F)cc2)cc1. The first-order chi connectivity index (χ1) is 16.0. The highest BCUT2D eigenvalue weighted by Crippen LogP contribution is 2.26. The Labute approximate surface area is 196 Å². The minimum Gasteiger partial charge on any atom is -0.367 e. The average molecular weight is 464 g/mol. The summed E-state index contributed by atoms with van der Waals surface area (Å²) >= 11 is 0.430. The van der Waals surface area contributed by atoms with Gasteiger partial charge in [-0.05, 0) is 60.5 Å². The van der Waals surface area contributed by atoms with E-state index in [2.05, 4.69) is 29.3 Å². The summed E-state index contributed by atoms with van der Waals surface area (Å²) in [5, 5.41) is 12.1. The van der Waals surface area contributed by atoms with Crippen LogP contribution >= 0.6 is 11.8 Å². The lowest BCUT2D eigenvalue weighted by atomic mass is 10.1. The first-order valence-corrected chi connectivity index (χ1v) is 11.2. The number of alkyl halides is 2.